The summed E-state index contributed by atoms with van der Waals surface area (Å²) in [5.74, 6) is 0.467. The Morgan fingerprint density at radius 1 is 1.14 bits per heavy atom. The van der Waals surface area contributed by atoms with Crippen molar-refractivity contribution in [3.05, 3.63) is 77.2 Å². The number of amides is 1. The van der Waals surface area contributed by atoms with E-state index in [9.17, 15) is 9.18 Å². The minimum atomic E-state index is -0.369. The van der Waals surface area contributed by atoms with E-state index in [0.29, 0.717) is 41.6 Å². The quantitative estimate of drug-likeness (QED) is 0.650. The third kappa shape index (κ3) is 3.84. The van der Waals surface area contributed by atoms with Crippen LogP contribution in [0.1, 0.15) is 34.5 Å². The van der Waals surface area contributed by atoms with Gasteiger partial charge in [0.05, 0.1) is 5.69 Å². The third-order valence-corrected chi connectivity index (χ3v) is 5.43. The van der Waals surface area contributed by atoms with Crippen molar-refractivity contribution in [1.29, 1.82) is 0 Å². The van der Waals surface area contributed by atoms with Crippen LogP contribution in [0.5, 0.6) is 0 Å². The van der Waals surface area contributed by atoms with E-state index in [0.717, 1.165) is 19.3 Å². The summed E-state index contributed by atoms with van der Waals surface area (Å²) in [6.07, 6.45) is 2.99. The van der Waals surface area contributed by atoms with Crippen LogP contribution in [0.4, 0.5) is 4.39 Å². The van der Waals surface area contributed by atoms with E-state index in [1.54, 1.807) is 19.1 Å². The molecule has 2 aromatic carbocycles. The summed E-state index contributed by atoms with van der Waals surface area (Å²) in [5.41, 5.74) is 2.85. The Morgan fingerprint density at radius 2 is 1.89 bits per heavy atom. The first-order valence-electron chi connectivity index (χ1n) is 9.67. The van der Waals surface area contributed by atoms with Gasteiger partial charge in [0.15, 0.2) is 5.76 Å². The molecule has 0 spiro atoms. The Balaban J connectivity index is 1.47. The molecular formula is C23H23FN2O2. The van der Waals surface area contributed by atoms with Gasteiger partial charge in [-0.25, -0.2) is 4.39 Å². The van der Waals surface area contributed by atoms with Crippen LogP contribution in [-0.4, -0.2) is 29.1 Å². The maximum absolute atomic E-state index is 13.6. The molecule has 1 aliphatic rings. The molecule has 1 aromatic heterocycles. The van der Waals surface area contributed by atoms with Crippen LogP contribution in [0.3, 0.4) is 0 Å². The molecule has 2 heterocycles. The molecule has 0 N–H and O–H groups in total. The molecule has 0 radical (unpaired) electrons. The minimum absolute atomic E-state index is 0.0869. The normalized spacial score (nSPS) is 15.0. The highest BCUT2D eigenvalue weighted by Gasteiger charge is 2.29. The summed E-state index contributed by atoms with van der Waals surface area (Å²) in [6, 6.07) is 16.5. The number of aromatic nitrogens is 1. The summed E-state index contributed by atoms with van der Waals surface area (Å²) < 4.78 is 19.0. The largest absolute Gasteiger partial charge is 0.355 e. The molecule has 144 valence electrons. The number of likely N-dealkylation sites (tertiary alicyclic amines) is 1. The Labute approximate surface area is 164 Å². The second-order valence-electron chi connectivity index (χ2n) is 7.41. The van der Waals surface area contributed by atoms with Crippen molar-refractivity contribution < 1.29 is 13.7 Å². The van der Waals surface area contributed by atoms with Gasteiger partial charge in [-0.1, -0.05) is 47.6 Å². The fourth-order valence-electron chi connectivity index (χ4n) is 3.89. The summed E-state index contributed by atoms with van der Waals surface area (Å²) in [6.45, 7) is 3.18. The van der Waals surface area contributed by atoms with E-state index >= 15 is 0 Å². The lowest BCUT2D eigenvalue weighted by Gasteiger charge is -2.32. The van der Waals surface area contributed by atoms with Crippen LogP contribution in [0, 0.1) is 18.7 Å². The van der Waals surface area contributed by atoms with Gasteiger partial charge < -0.3 is 9.42 Å². The molecule has 1 aliphatic heterocycles. The van der Waals surface area contributed by atoms with Gasteiger partial charge >= 0.3 is 0 Å². The fourth-order valence-corrected chi connectivity index (χ4v) is 3.89. The van der Waals surface area contributed by atoms with Crippen molar-refractivity contribution in [3.63, 3.8) is 0 Å². The molecule has 0 atom stereocenters. The van der Waals surface area contributed by atoms with E-state index in [1.807, 2.05) is 11.0 Å². The molecule has 5 heteroatoms. The molecule has 0 unspecified atom stereocenters. The maximum Gasteiger partial charge on any atom is 0.259 e. The van der Waals surface area contributed by atoms with Crippen molar-refractivity contribution in [2.45, 2.75) is 26.2 Å². The van der Waals surface area contributed by atoms with Gasteiger partial charge in [-0.05, 0) is 49.8 Å². The number of hydrogen-bond donors (Lipinski definition) is 0. The Kier molecular flexibility index (Phi) is 5.24. The van der Waals surface area contributed by atoms with Gasteiger partial charge in [-0.2, -0.15) is 0 Å². The van der Waals surface area contributed by atoms with E-state index in [-0.39, 0.29) is 11.7 Å². The Morgan fingerprint density at radius 3 is 2.61 bits per heavy atom. The van der Waals surface area contributed by atoms with E-state index < -0.39 is 0 Å². The topological polar surface area (TPSA) is 46.3 Å². The number of rotatable bonds is 4. The summed E-state index contributed by atoms with van der Waals surface area (Å²) >= 11 is 0. The van der Waals surface area contributed by atoms with Crippen LogP contribution >= 0.6 is 0 Å². The number of piperidine rings is 1. The molecule has 3 aromatic rings. The van der Waals surface area contributed by atoms with E-state index in [2.05, 4.69) is 29.4 Å². The zero-order chi connectivity index (χ0) is 19.5. The van der Waals surface area contributed by atoms with Crippen molar-refractivity contribution in [1.82, 2.24) is 10.1 Å². The third-order valence-electron chi connectivity index (χ3n) is 5.43. The maximum atomic E-state index is 13.6. The van der Waals surface area contributed by atoms with Gasteiger partial charge in [-0.3, -0.25) is 4.79 Å². The number of halogens is 1. The van der Waals surface area contributed by atoms with Gasteiger partial charge in [0, 0.05) is 18.7 Å². The first-order valence-corrected chi connectivity index (χ1v) is 9.67. The number of benzene rings is 2. The molecule has 4 nitrogen and oxygen atoms in total. The predicted octanol–water partition coefficient (Wildman–Crippen LogP) is 4.88. The summed E-state index contributed by atoms with van der Waals surface area (Å²) in [4.78, 5) is 15.0. The molecule has 28 heavy (non-hydrogen) atoms. The highest BCUT2D eigenvalue weighted by atomic mass is 19.1. The van der Waals surface area contributed by atoms with Crippen molar-refractivity contribution in [2.75, 3.05) is 13.1 Å². The van der Waals surface area contributed by atoms with Gasteiger partial charge in [0.25, 0.3) is 5.91 Å². The first-order chi connectivity index (χ1) is 13.6. The predicted molar refractivity (Wildman–Crippen MR) is 105 cm³/mol. The zero-order valence-corrected chi connectivity index (χ0v) is 15.9. The minimum Gasteiger partial charge on any atom is -0.355 e. The number of carbonyl (C=O) groups is 1. The average molecular weight is 378 g/mol. The molecule has 1 amide bonds. The van der Waals surface area contributed by atoms with Crippen molar-refractivity contribution in [2.24, 2.45) is 5.92 Å². The standard InChI is InChI=1S/C23H23FN2O2/c1-16-21(22(28-25-16)19-8-5-9-20(24)15-19)23(27)26-12-10-18(11-13-26)14-17-6-3-2-4-7-17/h2-9,15,18H,10-14H2,1H3. The number of aryl methyl sites for hydroxylation is 1. The molecule has 1 fully saturated rings. The number of nitrogens with zero attached hydrogens (tertiary/aromatic N) is 2. The molecular weight excluding hydrogens is 355 g/mol. The molecule has 4 rings (SSSR count). The van der Waals surface area contributed by atoms with Crippen LogP contribution in [0.25, 0.3) is 11.3 Å². The zero-order valence-electron chi connectivity index (χ0n) is 15.9. The van der Waals surface area contributed by atoms with E-state index in [1.165, 1.54) is 17.7 Å². The van der Waals surface area contributed by atoms with Gasteiger partial charge in [0.1, 0.15) is 11.4 Å². The molecule has 0 saturated carbocycles. The second-order valence-corrected chi connectivity index (χ2v) is 7.41. The number of carbonyl (C=O) groups excluding carboxylic acids is 1. The lowest BCUT2D eigenvalue weighted by Crippen LogP contribution is -2.39. The monoisotopic (exact) mass is 378 g/mol. The Hall–Kier alpha value is -2.95. The highest BCUT2D eigenvalue weighted by molar-refractivity contribution is 6.00. The fraction of sp³-hybridized carbons (Fsp3) is 0.304. The van der Waals surface area contributed by atoms with E-state index in [4.69, 9.17) is 4.52 Å². The Bertz CT molecular complexity index is 960. The lowest BCUT2D eigenvalue weighted by atomic mass is 9.90. The first kappa shape index (κ1) is 18.4. The van der Waals surface area contributed by atoms with Crippen molar-refractivity contribution >= 4 is 5.91 Å². The van der Waals surface area contributed by atoms with Crippen molar-refractivity contribution in [3.8, 4) is 11.3 Å². The lowest BCUT2D eigenvalue weighted by molar-refractivity contribution is 0.0690. The van der Waals surface area contributed by atoms with Crippen LogP contribution in [-0.2, 0) is 6.42 Å². The van der Waals surface area contributed by atoms with Crippen LogP contribution in [0.15, 0.2) is 59.1 Å². The van der Waals surface area contributed by atoms with Crippen LogP contribution in [0.2, 0.25) is 0 Å². The van der Waals surface area contributed by atoms with Gasteiger partial charge in [0.2, 0.25) is 0 Å². The average Bonchev–Trinajstić information content (AvgIpc) is 3.10. The van der Waals surface area contributed by atoms with Crippen LogP contribution < -0.4 is 0 Å². The molecule has 0 aliphatic carbocycles. The number of hydrogen-bond acceptors (Lipinski definition) is 3. The summed E-state index contributed by atoms with van der Waals surface area (Å²) in [7, 11) is 0. The molecule has 0 bridgehead atoms. The second kappa shape index (κ2) is 7.97. The SMILES string of the molecule is Cc1noc(-c2cccc(F)c2)c1C(=O)N1CCC(Cc2ccccc2)CC1. The summed E-state index contributed by atoms with van der Waals surface area (Å²) in [5, 5.41) is 3.96. The van der Waals surface area contributed by atoms with Gasteiger partial charge in [-0.15, -0.1) is 0 Å². The smallest absolute Gasteiger partial charge is 0.259 e. The molecule has 1 saturated heterocycles. The highest BCUT2D eigenvalue weighted by Crippen LogP contribution is 2.30.